The molecule has 0 atom stereocenters. The van der Waals surface area contributed by atoms with Crippen LogP contribution in [-0.4, -0.2) is 11.1 Å². The van der Waals surface area contributed by atoms with Gasteiger partial charge < -0.3 is 5.11 Å². The molecule has 0 aliphatic rings. The molecule has 100 valence electrons. The highest BCUT2D eigenvalue weighted by molar-refractivity contribution is 5.83. The van der Waals surface area contributed by atoms with E-state index >= 15 is 0 Å². The Hall–Kier alpha value is -1.83. The van der Waals surface area contributed by atoms with Gasteiger partial charge in [-0.05, 0) is 49.9 Å². The normalized spacial score (nSPS) is 11.7. The van der Waals surface area contributed by atoms with E-state index in [1.807, 2.05) is 0 Å². The second kappa shape index (κ2) is 5.04. The second-order valence-corrected chi connectivity index (χ2v) is 5.87. The quantitative estimate of drug-likeness (QED) is 0.890. The Morgan fingerprint density at radius 1 is 1.11 bits per heavy atom. The number of carboxylic acid groups (broad SMARTS) is 1. The van der Waals surface area contributed by atoms with Crippen LogP contribution in [0.25, 0.3) is 10.8 Å². The standard InChI is InChI=1S/C17H20O2/c1-12-4-6-15-11-13(5-7-14(15)10-12)8-9-17(2,3)16(18)19/h4-7,10-11H,8-9H2,1-3H3,(H,18,19). The van der Waals surface area contributed by atoms with Crippen LogP contribution in [0.3, 0.4) is 0 Å². The maximum Gasteiger partial charge on any atom is 0.309 e. The van der Waals surface area contributed by atoms with Gasteiger partial charge in [-0.25, -0.2) is 0 Å². The third kappa shape index (κ3) is 3.14. The van der Waals surface area contributed by atoms with Crippen molar-refractivity contribution in [3.8, 4) is 0 Å². The molecule has 0 saturated heterocycles. The summed E-state index contributed by atoms with van der Waals surface area (Å²) in [6, 6.07) is 12.8. The maximum absolute atomic E-state index is 11.1. The molecule has 2 aromatic carbocycles. The molecule has 1 N–H and O–H groups in total. The highest BCUT2D eigenvalue weighted by atomic mass is 16.4. The van der Waals surface area contributed by atoms with E-state index in [2.05, 4.69) is 43.3 Å². The summed E-state index contributed by atoms with van der Waals surface area (Å²) in [6.45, 7) is 5.64. The molecule has 0 heterocycles. The summed E-state index contributed by atoms with van der Waals surface area (Å²) < 4.78 is 0. The number of hydrogen-bond donors (Lipinski definition) is 1. The van der Waals surface area contributed by atoms with Crippen LogP contribution in [0, 0.1) is 12.3 Å². The first-order valence-corrected chi connectivity index (χ1v) is 6.61. The van der Waals surface area contributed by atoms with Crippen molar-refractivity contribution < 1.29 is 9.90 Å². The van der Waals surface area contributed by atoms with Gasteiger partial charge in [-0.3, -0.25) is 4.79 Å². The Bertz CT molecular complexity index is 612. The third-order valence-electron chi connectivity index (χ3n) is 3.68. The molecule has 0 fully saturated rings. The summed E-state index contributed by atoms with van der Waals surface area (Å²) >= 11 is 0. The molecule has 0 aromatic heterocycles. The maximum atomic E-state index is 11.1. The minimum absolute atomic E-state index is 0.652. The molecule has 0 saturated carbocycles. The van der Waals surface area contributed by atoms with Crippen LogP contribution in [0.4, 0.5) is 0 Å². The molecule has 19 heavy (non-hydrogen) atoms. The van der Waals surface area contributed by atoms with Crippen LogP contribution in [-0.2, 0) is 11.2 Å². The largest absolute Gasteiger partial charge is 0.481 e. The van der Waals surface area contributed by atoms with E-state index in [9.17, 15) is 4.79 Å². The lowest BCUT2D eigenvalue weighted by Gasteiger charge is -2.18. The van der Waals surface area contributed by atoms with Crippen LogP contribution >= 0.6 is 0 Å². The van der Waals surface area contributed by atoms with Gasteiger partial charge in [0.1, 0.15) is 0 Å². The average molecular weight is 256 g/mol. The van der Waals surface area contributed by atoms with Crippen molar-refractivity contribution in [1.29, 1.82) is 0 Å². The first kappa shape index (κ1) is 13.6. The van der Waals surface area contributed by atoms with E-state index in [4.69, 9.17) is 5.11 Å². The Morgan fingerprint density at radius 2 is 1.74 bits per heavy atom. The number of carboxylic acids is 1. The second-order valence-electron chi connectivity index (χ2n) is 5.87. The van der Waals surface area contributed by atoms with Crippen molar-refractivity contribution in [1.82, 2.24) is 0 Å². The van der Waals surface area contributed by atoms with Crippen LogP contribution in [0.1, 0.15) is 31.4 Å². The van der Waals surface area contributed by atoms with Gasteiger partial charge in [0.2, 0.25) is 0 Å². The topological polar surface area (TPSA) is 37.3 Å². The highest BCUT2D eigenvalue weighted by Gasteiger charge is 2.26. The minimum Gasteiger partial charge on any atom is -0.481 e. The lowest BCUT2D eigenvalue weighted by molar-refractivity contribution is -0.147. The molecular weight excluding hydrogens is 236 g/mol. The van der Waals surface area contributed by atoms with E-state index in [0.717, 1.165) is 6.42 Å². The van der Waals surface area contributed by atoms with Crippen molar-refractivity contribution in [3.63, 3.8) is 0 Å². The van der Waals surface area contributed by atoms with Crippen LogP contribution < -0.4 is 0 Å². The fraction of sp³-hybridized carbons (Fsp3) is 0.353. The van der Waals surface area contributed by atoms with Gasteiger partial charge >= 0.3 is 5.97 Å². The fourth-order valence-electron chi connectivity index (χ4n) is 2.13. The molecule has 2 rings (SSSR count). The third-order valence-corrected chi connectivity index (χ3v) is 3.68. The molecule has 0 bridgehead atoms. The monoisotopic (exact) mass is 256 g/mol. The van der Waals surface area contributed by atoms with E-state index in [0.29, 0.717) is 6.42 Å². The molecule has 0 spiro atoms. The summed E-state index contributed by atoms with van der Waals surface area (Å²) in [5.41, 5.74) is 1.79. The van der Waals surface area contributed by atoms with Gasteiger partial charge in [0.05, 0.1) is 5.41 Å². The number of rotatable bonds is 4. The number of aliphatic carboxylic acids is 1. The Balaban J connectivity index is 2.18. The molecule has 0 unspecified atom stereocenters. The average Bonchev–Trinajstić information content (AvgIpc) is 2.36. The van der Waals surface area contributed by atoms with Crippen LogP contribution in [0.15, 0.2) is 36.4 Å². The SMILES string of the molecule is Cc1ccc2cc(CCC(C)(C)C(=O)O)ccc2c1. The Morgan fingerprint density at radius 3 is 2.42 bits per heavy atom. The van der Waals surface area contributed by atoms with E-state index in [1.165, 1.54) is 21.9 Å². The van der Waals surface area contributed by atoms with E-state index < -0.39 is 11.4 Å². The number of aryl methyl sites for hydroxylation is 2. The van der Waals surface area contributed by atoms with Crippen molar-refractivity contribution in [2.45, 2.75) is 33.6 Å². The van der Waals surface area contributed by atoms with Crippen LogP contribution in [0.2, 0.25) is 0 Å². The number of carbonyl (C=O) groups is 1. The summed E-state index contributed by atoms with van der Waals surface area (Å²) in [5.74, 6) is -0.732. The molecule has 2 heteroatoms. The lowest BCUT2D eigenvalue weighted by atomic mass is 9.86. The van der Waals surface area contributed by atoms with Gasteiger partial charge in [0.15, 0.2) is 0 Å². The predicted octanol–water partition coefficient (Wildman–Crippen LogP) is 4.19. The van der Waals surface area contributed by atoms with E-state index in [-0.39, 0.29) is 0 Å². The smallest absolute Gasteiger partial charge is 0.309 e. The molecule has 2 nitrogen and oxygen atoms in total. The van der Waals surface area contributed by atoms with Crippen molar-refractivity contribution in [3.05, 3.63) is 47.5 Å². The zero-order valence-corrected chi connectivity index (χ0v) is 11.7. The summed E-state index contributed by atoms with van der Waals surface area (Å²) in [7, 11) is 0. The first-order valence-electron chi connectivity index (χ1n) is 6.61. The van der Waals surface area contributed by atoms with E-state index in [1.54, 1.807) is 13.8 Å². The van der Waals surface area contributed by atoms with Crippen molar-refractivity contribution in [2.75, 3.05) is 0 Å². The lowest BCUT2D eigenvalue weighted by Crippen LogP contribution is -2.24. The molecular formula is C17H20O2. The Kier molecular flexibility index (Phi) is 3.61. The van der Waals surface area contributed by atoms with Gasteiger partial charge in [-0.15, -0.1) is 0 Å². The van der Waals surface area contributed by atoms with Gasteiger partial charge in [-0.2, -0.15) is 0 Å². The highest BCUT2D eigenvalue weighted by Crippen LogP contribution is 2.25. The van der Waals surface area contributed by atoms with Gasteiger partial charge in [-0.1, -0.05) is 42.0 Å². The number of fused-ring (bicyclic) bond motifs is 1. The summed E-state index contributed by atoms with van der Waals surface area (Å²) in [4.78, 5) is 11.1. The van der Waals surface area contributed by atoms with Crippen LogP contribution in [0.5, 0.6) is 0 Å². The molecule has 2 aromatic rings. The molecule has 0 aliphatic carbocycles. The summed E-state index contributed by atoms with van der Waals surface area (Å²) in [5, 5.41) is 11.6. The zero-order chi connectivity index (χ0) is 14.0. The molecule has 0 radical (unpaired) electrons. The minimum atomic E-state index is -0.732. The first-order chi connectivity index (χ1) is 8.88. The molecule has 0 amide bonds. The van der Waals surface area contributed by atoms with Crippen molar-refractivity contribution >= 4 is 16.7 Å². The summed E-state index contributed by atoms with van der Waals surface area (Å²) in [6.07, 6.45) is 1.45. The van der Waals surface area contributed by atoms with Gasteiger partial charge in [0.25, 0.3) is 0 Å². The van der Waals surface area contributed by atoms with Crippen molar-refractivity contribution in [2.24, 2.45) is 5.41 Å². The predicted molar refractivity (Wildman–Crippen MR) is 78.4 cm³/mol. The number of hydrogen-bond acceptors (Lipinski definition) is 1. The number of benzene rings is 2. The fourth-order valence-corrected chi connectivity index (χ4v) is 2.13. The zero-order valence-electron chi connectivity index (χ0n) is 11.7. The molecule has 0 aliphatic heterocycles. The van der Waals surface area contributed by atoms with Gasteiger partial charge in [0, 0.05) is 0 Å². The Labute approximate surface area is 114 Å².